The van der Waals surface area contributed by atoms with E-state index in [1.54, 1.807) is 0 Å². The molecule has 168 valence electrons. The highest BCUT2D eigenvalue weighted by atomic mass is 16.6. The molecule has 0 spiro atoms. The molecule has 1 amide bonds. The van der Waals surface area contributed by atoms with Crippen LogP contribution in [0.3, 0.4) is 0 Å². The summed E-state index contributed by atoms with van der Waals surface area (Å²) in [6, 6.07) is 7.79. The summed E-state index contributed by atoms with van der Waals surface area (Å²) >= 11 is 0. The van der Waals surface area contributed by atoms with Gasteiger partial charge in [0.1, 0.15) is 6.54 Å². The van der Waals surface area contributed by atoms with Gasteiger partial charge in [-0.25, -0.2) is 19.7 Å². The minimum Gasteiger partial charge on any atom is -0.378 e. The molecule has 5 N–H and O–H groups in total. The molecular formula is C17H22N12O3. The van der Waals surface area contributed by atoms with E-state index in [4.69, 9.17) is 11.5 Å². The minimum atomic E-state index is -0.534. The SMILES string of the molecule is CCN(CC)c1ccc(/C=N\NC(=O)CN(N=Nc2nonc2N)c2nonc2N)cc1. The average Bonchev–Trinajstić information content (AvgIpc) is 3.41. The molecule has 0 aliphatic rings. The van der Waals surface area contributed by atoms with E-state index < -0.39 is 5.91 Å². The molecule has 3 rings (SSSR count). The summed E-state index contributed by atoms with van der Waals surface area (Å²) in [6.45, 7) is 5.67. The first-order chi connectivity index (χ1) is 15.5. The van der Waals surface area contributed by atoms with Crippen LogP contribution in [0.1, 0.15) is 19.4 Å². The van der Waals surface area contributed by atoms with Crippen molar-refractivity contribution >= 4 is 41.1 Å². The Balaban J connectivity index is 1.63. The predicted octanol–water partition coefficient (Wildman–Crippen LogP) is 1.12. The number of nitrogens with two attached hydrogens (primary N) is 2. The van der Waals surface area contributed by atoms with E-state index in [-0.39, 0.29) is 29.8 Å². The quantitative estimate of drug-likeness (QED) is 0.230. The third-order valence-electron chi connectivity index (χ3n) is 4.20. The Morgan fingerprint density at radius 1 is 1.06 bits per heavy atom. The lowest BCUT2D eigenvalue weighted by molar-refractivity contribution is -0.119. The van der Waals surface area contributed by atoms with Crippen LogP contribution in [0.15, 0.2) is 49.0 Å². The zero-order chi connectivity index (χ0) is 22.9. The van der Waals surface area contributed by atoms with Crippen LogP contribution in [0, 0.1) is 0 Å². The average molecular weight is 442 g/mol. The Kier molecular flexibility index (Phi) is 7.24. The number of anilines is 4. The minimum absolute atomic E-state index is 0.0325. The Morgan fingerprint density at radius 3 is 2.34 bits per heavy atom. The van der Waals surface area contributed by atoms with E-state index in [1.165, 1.54) is 6.21 Å². The van der Waals surface area contributed by atoms with Crippen molar-refractivity contribution in [3.05, 3.63) is 29.8 Å². The van der Waals surface area contributed by atoms with Crippen LogP contribution in [-0.4, -0.2) is 52.4 Å². The van der Waals surface area contributed by atoms with Crippen molar-refractivity contribution in [1.29, 1.82) is 0 Å². The summed E-state index contributed by atoms with van der Waals surface area (Å²) in [5.74, 6) is -0.832. The maximum Gasteiger partial charge on any atom is 0.263 e. The number of rotatable bonds is 10. The lowest BCUT2D eigenvalue weighted by atomic mass is 10.2. The number of nitrogens with one attached hydrogen (secondary N) is 1. The predicted molar refractivity (Wildman–Crippen MR) is 115 cm³/mol. The zero-order valence-corrected chi connectivity index (χ0v) is 17.4. The molecule has 0 radical (unpaired) electrons. The molecule has 0 fully saturated rings. The number of benzene rings is 1. The molecule has 0 aliphatic heterocycles. The van der Waals surface area contributed by atoms with Crippen LogP contribution in [0.4, 0.5) is 29.0 Å². The Hall–Kier alpha value is -4.56. The van der Waals surface area contributed by atoms with Gasteiger partial charge < -0.3 is 16.4 Å². The van der Waals surface area contributed by atoms with Crippen molar-refractivity contribution in [3.63, 3.8) is 0 Å². The van der Waals surface area contributed by atoms with Crippen LogP contribution in [0.5, 0.6) is 0 Å². The van der Waals surface area contributed by atoms with Gasteiger partial charge in [0.25, 0.3) is 11.7 Å². The fraction of sp³-hybridized carbons (Fsp3) is 0.294. The van der Waals surface area contributed by atoms with E-state index >= 15 is 0 Å². The summed E-state index contributed by atoms with van der Waals surface area (Å²) in [4.78, 5) is 14.6. The molecule has 15 heteroatoms. The van der Waals surface area contributed by atoms with E-state index in [9.17, 15) is 4.79 Å². The monoisotopic (exact) mass is 442 g/mol. The van der Waals surface area contributed by atoms with Gasteiger partial charge in [0, 0.05) is 18.8 Å². The van der Waals surface area contributed by atoms with E-state index in [2.05, 4.69) is 69.5 Å². The number of hydrogen-bond acceptors (Lipinski definition) is 13. The summed E-state index contributed by atoms with van der Waals surface area (Å²) in [5, 5.41) is 26.5. The highest BCUT2D eigenvalue weighted by molar-refractivity contribution is 5.85. The van der Waals surface area contributed by atoms with E-state index in [0.29, 0.717) is 0 Å². The maximum absolute atomic E-state index is 12.3. The number of aromatic nitrogens is 4. The topological polar surface area (TPSA) is 203 Å². The first-order valence-corrected chi connectivity index (χ1v) is 9.54. The second kappa shape index (κ2) is 10.5. The first-order valence-electron chi connectivity index (χ1n) is 9.54. The van der Waals surface area contributed by atoms with Crippen LogP contribution in [0.2, 0.25) is 0 Å². The smallest absolute Gasteiger partial charge is 0.263 e. The van der Waals surface area contributed by atoms with Crippen molar-refractivity contribution in [2.24, 2.45) is 15.4 Å². The Bertz CT molecular complexity index is 1070. The molecular weight excluding hydrogens is 420 g/mol. The number of carbonyl (C=O) groups excluding carboxylic acids is 1. The van der Waals surface area contributed by atoms with Gasteiger partial charge in [0.05, 0.1) is 6.21 Å². The molecule has 0 aliphatic carbocycles. The van der Waals surface area contributed by atoms with E-state index in [1.807, 2.05) is 24.3 Å². The summed E-state index contributed by atoms with van der Waals surface area (Å²) < 4.78 is 8.98. The fourth-order valence-corrected chi connectivity index (χ4v) is 2.59. The number of nitrogen functional groups attached to an aromatic ring is 2. The highest BCUT2D eigenvalue weighted by Gasteiger charge is 2.19. The van der Waals surface area contributed by atoms with Crippen LogP contribution in [-0.2, 0) is 4.79 Å². The van der Waals surface area contributed by atoms with Crippen molar-refractivity contribution < 1.29 is 14.1 Å². The molecule has 2 heterocycles. The number of nitrogens with zero attached hydrogens (tertiary/aromatic N) is 9. The summed E-state index contributed by atoms with van der Waals surface area (Å²) in [5.41, 5.74) is 15.5. The van der Waals surface area contributed by atoms with E-state index in [0.717, 1.165) is 29.3 Å². The van der Waals surface area contributed by atoms with Crippen molar-refractivity contribution in [3.8, 4) is 0 Å². The number of carbonyl (C=O) groups is 1. The molecule has 15 nitrogen and oxygen atoms in total. The van der Waals surface area contributed by atoms with Crippen molar-refractivity contribution in [2.45, 2.75) is 13.8 Å². The zero-order valence-electron chi connectivity index (χ0n) is 17.4. The van der Waals surface area contributed by atoms with Gasteiger partial charge >= 0.3 is 0 Å². The molecule has 2 aromatic heterocycles. The molecule has 0 saturated carbocycles. The molecule has 0 atom stereocenters. The lowest BCUT2D eigenvalue weighted by Crippen LogP contribution is -2.32. The van der Waals surface area contributed by atoms with Gasteiger partial charge in [-0.2, -0.15) is 5.10 Å². The highest BCUT2D eigenvalue weighted by Crippen LogP contribution is 2.21. The molecule has 0 saturated heterocycles. The number of amides is 1. The largest absolute Gasteiger partial charge is 0.378 e. The lowest BCUT2D eigenvalue weighted by Gasteiger charge is -2.20. The van der Waals surface area contributed by atoms with Gasteiger partial charge in [0.2, 0.25) is 17.5 Å². The van der Waals surface area contributed by atoms with Gasteiger partial charge in [-0.1, -0.05) is 17.4 Å². The third kappa shape index (κ3) is 5.53. The van der Waals surface area contributed by atoms with Crippen LogP contribution < -0.4 is 26.8 Å². The normalized spacial score (nSPS) is 11.3. The molecule has 32 heavy (non-hydrogen) atoms. The van der Waals surface area contributed by atoms with Gasteiger partial charge in [-0.05, 0) is 52.2 Å². The van der Waals surface area contributed by atoms with Gasteiger partial charge in [0.15, 0.2) is 0 Å². The van der Waals surface area contributed by atoms with Gasteiger partial charge in [-0.15, -0.1) is 5.11 Å². The third-order valence-corrected chi connectivity index (χ3v) is 4.20. The fourth-order valence-electron chi connectivity index (χ4n) is 2.59. The molecule has 1 aromatic carbocycles. The van der Waals surface area contributed by atoms with Gasteiger partial charge in [-0.3, -0.25) is 4.79 Å². The standard InChI is InChI=1S/C17H22N12O3/c1-3-28(4-2)12-7-5-11(6-8-12)9-20-21-13(30)10-29(17-15(19)24-32-26-17)27-22-16-14(18)23-31-25-16/h5-9H,3-4,10H2,1-2H3,(H2,18,23)(H2,19,24)(H,21,30)/b20-9-,27-22?. The molecule has 0 bridgehead atoms. The number of hydrogen-bond donors (Lipinski definition) is 3. The second-order valence-corrected chi connectivity index (χ2v) is 6.25. The maximum atomic E-state index is 12.3. The van der Waals surface area contributed by atoms with Crippen LogP contribution >= 0.6 is 0 Å². The summed E-state index contributed by atoms with van der Waals surface area (Å²) in [6.07, 6.45) is 1.52. The van der Waals surface area contributed by atoms with Crippen LogP contribution in [0.25, 0.3) is 0 Å². The Labute approximate surface area is 182 Å². The first kappa shape index (κ1) is 22.1. The molecule has 0 unspecified atom stereocenters. The van der Waals surface area contributed by atoms with Crippen molar-refractivity contribution in [2.75, 3.05) is 41.0 Å². The molecule has 3 aromatic rings. The Morgan fingerprint density at radius 2 is 1.75 bits per heavy atom. The number of hydrazone groups is 1. The second-order valence-electron chi connectivity index (χ2n) is 6.25. The summed E-state index contributed by atoms with van der Waals surface area (Å²) in [7, 11) is 0. The van der Waals surface area contributed by atoms with Crippen molar-refractivity contribution in [1.82, 2.24) is 26.1 Å².